The van der Waals surface area contributed by atoms with E-state index in [1.807, 2.05) is 0 Å². The second-order valence-electron chi connectivity index (χ2n) is 3.75. The van der Waals surface area contributed by atoms with Gasteiger partial charge in [-0.2, -0.15) is 0 Å². The Balaban J connectivity index is -0.000000200. The maximum atomic E-state index is 9.55. The smallest absolute Gasteiger partial charge is 0.328 e. The number of nitrogens with zero attached hydrogens (tertiary/aromatic N) is 1. The largest absolute Gasteiger partial charge is 1.00 e. The fourth-order valence-electron chi connectivity index (χ4n) is 0.443. The summed E-state index contributed by atoms with van der Waals surface area (Å²) in [4.78, 5) is 19.1. The van der Waals surface area contributed by atoms with Crippen LogP contribution in [0.1, 0.15) is 0 Å². The zero-order valence-electron chi connectivity index (χ0n) is 9.55. The molecule has 0 radical (unpaired) electrons. The van der Waals surface area contributed by atoms with Crippen LogP contribution in [0.2, 0.25) is 0 Å². The second-order valence-corrected chi connectivity index (χ2v) is 3.75. The summed E-state index contributed by atoms with van der Waals surface area (Å²) in [6.07, 6.45) is 1.12. The standard InChI is InChI=1S/C5H14NO.C4H4O4.ClH/c1-6(2,3)4-5-7;5-3(6)1-2-4(7)8;/h7H,4-5H2,1-3H3;1-2H,(H,5,6)(H,7,8);1H/q+1;;/p-1/b;2-1-;. The van der Waals surface area contributed by atoms with Crippen molar-refractivity contribution >= 4 is 11.9 Å². The Morgan fingerprint density at radius 2 is 1.38 bits per heavy atom. The van der Waals surface area contributed by atoms with Gasteiger partial charge in [-0.1, -0.05) is 0 Å². The molecule has 0 heterocycles. The van der Waals surface area contributed by atoms with Crippen molar-refractivity contribution in [3.8, 4) is 0 Å². The molecule has 6 nitrogen and oxygen atoms in total. The predicted molar refractivity (Wildman–Crippen MR) is 54.4 cm³/mol. The van der Waals surface area contributed by atoms with E-state index in [4.69, 9.17) is 15.3 Å². The Bertz CT molecular complexity index is 219. The molecule has 7 heteroatoms. The Kier molecular flexibility index (Phi) is 13.2. The lowest BCUT2D eigenvalue weighted by molar-refractivity contribution is -0.870. The molecule has 0 atom stereocenters. The summed E-state index contributed by atoms with van der Waals surface area (Å²) < 4.78 is 0.844. The molecule has 0 aliphatic carbocycles. The summed E-state index contributed by atoms with van der Waals surface area (Å²) in [6.45, 7) is 1.11. The first-order chi connectivity index (χ1) is 6.69. The summed E-state index contributed by atoms with van der Waals surface area (Å²) in [7, 11) is 6.16. The third-order valence-corrected chi connectivity index (χ3v) is 1.14. The van der Waals surface area contributed by atoms with Crippen LogP contribution in [-0.4, -0.2) is 66.0 Å². The molecule has 0 aromatic carbocycles. The lowest BCUT2D eigenvalue weighted by Gasteiger charge is -2.21. The number of halogens is 1. The van der Waals surface area contributed by atoms with Crippen molar-refractivity contribution < 1.29 is 41.8 Å². The Labute approximate surface area is 101 Å². The minimum Gasteiger partial charge on any atom is -1.00 e. The van der Waals surface area contributed by atoms with Gasteiger partial charge in [0.15, 0.2) is 0 Å². The van der Waals surface area contributed by atoms with Crippen molar-refractivity contribution in [3.63, 3.8) is 0 Å². The summed E-state index contributed by atoms with van der Waals surface area (Å²) in [5.74, 6) is -2.51. The van der Waals surface area contributed by atoms with Crippen LogP contribution < -0.4 is 12.4 Å². The third kappa shape index (κ3) is 29.3. The maximum Gasteiger partial charge on any atom is 0.328 e. The van der Waals surface area contributed by atoms with Crippen molar-refractivity contribution in [2.45, 2.75) is 0 Å². The first-order valence-corrected chi connectivity index (χ1v) is 4.24. The van der Waals surface area contributed by atoms with E-state index in [1.165, 1.54) is 0 Å². The van der Waals surface area contributed by atoms with Crippen LogP contribution in [0.15, 0.2) is 12.2 Å². The van der Waals surface area contributed by atoms with Crippen LogP contribution in [0.4, 0.5) is 0 Å². The average Bonchev–Trinajstić information content (AvgIpc) is 1.99. The minimum atomic E-state index is -1.26. The number of aliphatic carboxylic acids is 2. The molecule has 0 bridgehead atoms. The highest BCUT2D eigenvalue weighted by Crippen LogP contribution is 1.84. The molecule has 0 saturated heterocycles. The van der Waals surface area contributed by atoms with E-state index in [-0.39, 0.29) is 19.0 Å². The summed E-state index contributed by atoms with van der Waals surface area (Å²) in [5, 5.41) is 24.0. The highest BCUT2D eigenvalue weighted by molar-refractivity contribution is 5.89. The molecule has 0 aliphatic heterocycles. The lowest BCUT2D eigenvalue weighted by Crippen LogP contribution is -3.00. The Hall–Kier alpha value is -1.11. The van der Waals surface area contributed by atoms with Crippen LogP contribution in [0, 0.1) is 0 Å². The number of carbonyl (C=O) groups is 2. The molecule has 0 fully saturated rings. The van der Waals surface area contributed by atoms with Gasteiger partial charge in [0.05, 0.1) is 27.7 Å². The number of carboxylic acid groups (broad SMARTS) is 2. The minimum absolute atomic E-state index is 0. The average molecular weight is 256 g/mol. The van der Waals surface area contributed by atoms with Gasteiger partial charge in [-0.3, -0.25) is 0 Å². The van der Waals surface area contributed by atoms with Crippen LogP contribution in [0.25, 0.3) is 0 Å². The van der Waals surface area contributed by atoms with E-state index in [2.05, 4.69) is 21.1 Å². The molecule has 0 amide bonds. The molecule has 3 N–H and O–H groups in total. The molecule has 16 heavy (non-hydrogen) atoms. The Morgan fingerprint density at radius 1 is 1.06 bits per heavy atom. The second kappa shape index (κ2) is 10.4. The van der Waals surface area contributed by atoms with Crippen molar-refractivity contribution in [2.75, 3.05) is 34.3 Å². The van der Waals surface area contributed by atoms with Gasteiger partial charge in [0, 0.05) is 12.2 Å². The van der Waals surface area contributed by atoms with Crippen molar-refractivity contribution in [2.24, 2.45) is 0 Å². The number of aliphatic hydroxyl groups excluding tert-OH is 1. The molecule has 0 aromatic heterocycles. The van der Waals surface area contributed by atoms with E-state index >= 15 is 0 Å². The number of carboxylic acids is 2. The van der Waals surface area contributed by atoms with Gasteiger partial charge < -0.3 is 32.2 Å². The number of rotatable bonds is 4. The van der Waals surface area contributed by atoms with Gasteiger partial charge in [-0.05, 0) is 0 Å². The van der Waals surface area contributed by atoms with Crippen LogP contribution in [-0.2, 0) is 9.59 Å². The number of likely N-dealkylation sites (N-methyl/N-ethyl adjacent to an activating group) is 1. The predicted octanol–water partition coefficient (Wildman–Crippen LogP) is -3.60. The van der Waals surface area contributed by atoms with Crippen LogP contribution >= 0.6 is 0 Å². The fourth-order valence-corrected chi connectivity index (χ4v) is 0.443. The molecule has 0 unspecified atom stereocenters. The summed E-state index contributed by atoms with van der Waals surface area (Å²) >= 11 is 0. The number of hydrogen-bond donors (Lipinski definition) is 3. The highest BCUT2D eigenvalue weighted by Gasteiger charge is 2.02. The molecule has 0 rings (SSSR count). The topological polar surface area (TPSA) is 94.8 Å². The zero-order valence-corrected chi connectivity index (χ0v) is 10.3. The number of aliphatic hydroxyl groups is 1. The van der Waals surface area contributed by atoms with E-state index in [0.29, 0.717) is 12.2 Å². The normalized spacial score (nSPS) is 10.0. The third-order valence-electron chi connectivity index (χ3n) is 1.14. The van der Waals surface area contributed by atoms with Gasteiger partial charge in [-0.25, -0.2) is 9.59 Å². The van der Waals surface area contributed by atoms with Crippen molar-refractivity contribution in [1.82, 2.24) is 0 Å². The molecule has 0 aliphatic rings. The molecule has 0 aromatic rings. The highest BCUT2D eigenvalue weighted by atomic mass is 35.5. The summed E-state index contributed by atoms with van der Waals surface area (Å²) in [6, 6.07) is 0. The fraction of sp³-hybridized carbons (Fsp3) is 0.556. The summed E-state index contributed by atoms with van der Waals surface area (Å²) in [5.41, 5.74) is 0. The molecule has 96 valence electrons. The SMILES string of the molecule is C[N+](C)(C)CCO.O=C(O)/C=C\C(=O)O.[Cl-]. The maximum absolute atomic E-state index is 9.55. The molecule has 0 saturated carbocycles. The Morgan fingerprint density at radius 3 is 1.44 bits per heavy atom. The quantitative estimate of drug-likeness (QED) is 0.356. The van der Waals surface area contributed by atoms with Crippen molar-refractivity contribution in [1.29, 1.82) is 0 Å². The van der Waals surface area contributed by atoms with E-state index < -0.39 is 11.9 Å². The van der Waals surface area contributed by atoms with Crippen LogP contribution in [0.5, 0.6) is 0 Å². The van der Waals surface area contributed by atoms with Gasteiger partial charge in [0.1, 0.15) is 6.54 Å². The van der Waals surface area contributed by atoms with Crippen LogP contribution in [0.3, 0.4) is 0 Å². The monoisotopic (exact) mass is 255 g/mol. The van der Waals surface area contributed by atoms with Crippen molar-refractivity contribution in [3.05, 3.63) is 12.2 Å². The van der Waals surface area contributed by atoms with Gasteiger partial charge in [-0.15, -0.1) is 0 Å². The molecule has 0 spiro atoms. The van der Waals surface area contributed by atoms with E-state index in [9.17, 15) is 9.59 Å². The van der Waals surface area contributed by atoms with E-state index in [0.717, 1.165) is 11.0 Å². The zero-order chi connectivity index (χ0) is 12.5. The van der Waals surface area contributed by atoms with Gasteiger partial charge >= 0.3 is 11.9 Å². The first-order valence-electron chi connectivity index (χ1n) is 4.24. The molecular weight excluding hydrogens is 238 g/mol. The van der Waals surface area contributed by atoms with Gasteiger partial charge in [0.25, 0.3) is 0 Å². The number of quaternary nitrogens is 1. The number of hydrogen-bond acceptors (Lipinski definition) is 3. The lowest BCUT2D eigenvalue weighted by atomic mass is 10.5. The van der Waals surface area contributed by atoms with Gasteiger partial charge in [0.2, 0.25) is 0 Å². The molecular formula is C9H18ClNO5. The van der Waals surface area contributed by atoms with E-state index in [1.54, 1.807) is 0 Å². The first kappa shape index (κ1) is 20.3.